The molecule has 2 aromatic heterocycles. The maximum absolute atomic E-state index is 12.4. The van der Waals surface area contributed by atoms with Gasteiger partial charge in [0.15, 0.2) is 5.82 Å². The van der Waals surface area contributed by atoms with E-state index < -0.39 is 31.7 Å². The van der Waals surface area contributed by atoms with Crippen molar-refractivity contribution in [3.63, 3.8) is 0 Å². The lowest BCUT2D eigenvalue weighted by molar-refractivity contribution is -0.0772. The number of fused-ring (bicyclic) bond motifs is 2. The van der Waals surface area contributed by atoms with Crippen LogP contribution < -0.4 is 5.73 Å². The number of hydrogen-bond acceptors (Lipinski definition) is 10. The maximum Gasteiger partial charge on any atom is 0.475 e. The normalized spacial score (nSPS) is 36.7. The van der Waals surface area contributed by atoms with Crippen LogP contribution in [0.15, 0.2) is 18.5 Å². The number of anilines is 1. The summed E-state index contributed by atoms with van der Waals surface area (Å²) in [6, 6.07) is 5.17. The highest BCUT2D eigenvalue weighted by atomic mass is 31.2. The second-order valence-electron chi connectivity index (χ2n) is 5.84. The second kappa shape index (κ2) is 5.99. The van der Waals surface area contributed by atoms with E-state index in [1.165, 1.54) is 10.8 Å². The number of hydrogen-bond donors (Lipinski definition) is 2. The lowest BCUT2D eigenvalue weighted by atomic mass is 9.92. The van der Waals surface area contributed by atoms with E-state index in [0.717, 1.165) is 0 Å². The zero-order chi connectivity index (χ0) is 18.5. The highest BCUT2D eigenvalue weighted by Gasteiger charge is 2.62. The topological polar surface area (TPSA) is 154 Å². The van der Waals surface area contributed by atoms with E-state index in [-0.39, 0.29) is 24.7 Å². The van der Waals surface area contributed by atoms with Crippen molar-refractivity contribution >= 4 is 19.2 Å². The van der Waals surface area contributed by atoms with Crippen LogP contribution in [0.4, 0.5) is 5.82 Å². The average Bonchev–Trinajstić information content (AvgIpc) is 3.17. The molecule has 3 N–H and O–H groups in total. The third kappa shape index (κ3) is 2.35. The zero-order valence-corrected chi connectivity index (χ0v) is 14.6. The van der Waals surface area contributed by atoms with E-state index in [9.17, 15) is 14.9 Å². The van der Waals surface area contributed by atoms with Crippen LogP contribution in [-0.4, -0.2) is 51.2 Å². The Morgan fingerprint density at radius 1 is 1.62 bits per heavy atom. The molecule has 2 aromatic rings. The van der Waals surface area contributed by atoms with Crippen LogP contribution in [0.25, 0.3) is 5.52 Å². The quantitative estimate of drug-likeness (QED) is 0.712. The molecule has 0 amide bonds. The summed E-state index contributed by atoms with van der Waals surface area (Å²) in [5.41, 5.74) is 4.71. The van der Waals surface area contributed by atoms with Crippen molar-refractivity contribution in [3.05, 3.63) is 24.2 Å². The summed E-state index contributed by atoms with van der Waals surface area (Å²) in [6.07, 6.45) is -2.10. The number of phosphoric acid groups is 1. The van der Waals surface area contributed by atoms with E-state index in [1.807, 2.05) is 6.07 Å². The summed E-state index contributed by atoms with van der Waals surface area (Å²) in [7, 11) is -3.82. The van der Waals surface area contributed by atoms with Gasteiger partial charge < -0.3 is 15.6 Å². The van der Waals surface area contributed by atoms with Crippen LogP contribution in [-0.2, 0) is 28.5 Å². The first-order chi connectivity index (χ1) is 12.4. The molecule has 4 heterocycles. The van der Waals surface area contributed by atoms with Crippen LogP contribution >= 0.6 is 7.82 Å². The largest absolute Gasteiger partial charge is 0.475 e. The molecule has 2 aliphatic heterocycles. The molecule has 11 nitrogen and oxygen atoms in total. The number of nitrogen functional groups attached to an aromatic ring is 1. The molecule has 12 heteroatoms. The summed E-state index contributed by atoms with van der Waals surface area (Å²) in [5, 5.41) is 24.8. The van der Waals surface area contributed by atoms with Crippen molar-refractivity contribution in [1.29, 1.82) is 5.26 Å². The molecule has 2 aliphatic rings. The number of aliphatic hydroxyl groups is 1. The monoisotopic (exact) mass is 381 g/mol. The summed E-state index contributed by atoms with van der Waals surface area (Å²) in [5.74, 6) is 0.213. The molecular formula is C14H16N5O6P. The molecule has 0 spiro atoms. The Labute approximate surface area is 147 Å². The third-order valence-corrected chi connectivity index (χ3v) is 5.94. The Morgan fingerprint density at radius 2 is 2.42 bits per heavy atom. The summed E-state index contributed by atoms with van der Waals surface area (Å²) in [6.45, 7) is 1.59. The number of ether oxygens (including phenoxy) is 1. The molecule has 4 rings (SSSR count). The van der Waals surface area contributed by atoms with Gasteiger partial charge in [-0.3, -0.25) is 13.6 Å². The number of nitrogens with two attached hydrogens (primary N) is 1. The highest BCUT2D eigenvalue weighted by molar-refractivity contribution is 7.48. The van der Waals surface area contributed by atoms with Gasteiger partial charge in [0, 0.05) is 0 Å². The first-order valence-electron chi connectivity index (χ1n) is 7.87. The van der Waals surface area contributed by atoms with Crippen LogP contribution in [0, 0.1) is 11.3 Å². The average molecular weight is 381 g/mol. The molecule has 0 radical (unpaired) electrons. The van der Waals surface area contributed by atoms with Gasteiger partial charge in [0.2, 0.25) is 5.60 Å². The number of nitrogens with zero attached hydrogens (tertiary/aromatic N) is 4. The lowest BCUT2D eigenvalue weighted by Crippen LogP contribution is -2.43. The fourth-order valence-electron chi connectivity index (χ4n) is 3.23. The molecular weight excluding hydrogens is 365 g/mol. The fraction of sp³-hybridized carbons (Fsp3) is 0.500. The Hall–Kier alpha value is -2.06. The van der Waals surface area contributed by atoms with Gasteiger partial charge in [-0.15, -0.1) is 0 Å². The Kier molecular flexibility index (Phi) is 4.00. The molecule has 138 valence electrons. The minimum Gasteiger partial charge on any atom is -0.386 e. The Morgan fingerprint density at radius 3 is 3.15 bits per heavy atom. The molecule has 0 unspecified atom stereocenters. The number of aliphatic hydroxyl groups excluding tert-OH is 1. The van der Waals surface area contributed by atoms with Crippen molar-refractivity contribution < 1.29 is 28.0 Å². The van der Waals surface area contributed by atoms with Crippen LogP contribution in [0.3, 0.4) is 0 Å². The predicted octanol–water partition coefficient (Wildman–Crippen LogP) is 0.350. The molecule has 5 atom stereocenters. The number of rotatable bonds is 3. The van der Waals surface area contributed by atoms with Crippen LogP contribution in [0.1, 0.15) is 12.6 Å². The first-order valence-corrected chi connectivity index (χ1v) is 9.33. The van der Waals surface area contributed by atoms with Crippen molar-refractivity contribution in [2.24, 2.45) is 0 Å². The standard InChI is InChI=1S/C14H16N5O6P/c1-2-22-26(21)23-5-9-11(25-26)12(20)14(6-15,24-9)10-4-3-8-13(16)17-7-18-19(8)10/h3-4,7,9,11-12,20H,2,5H2,1H3,(H2,16,17,18)/t9-,11-,12-,14+,26-/m1/s1. The fourth-order valence-corrected chi connectivity index (χ4v) is 4.62. The summed E-state index contributed by atoms with van der Waals surface area (Å²) in [4.78, 5) is 3.89. The zero-order valence-electron chi connectivity index (χ0n) is 13.7. The van der Waals surface area contributed by atoms with Gasteiger partial charge in [0.1, 0.15) is 36.2 Å². The van der Waals surface area contributed by atoms with Gasteiger partial charge in [-0.05, 0) is 19.1 Å². The molecule has 0 bridgehead atoms. The highest BCUT2D eigenvalue weighted by Crippen LogP contribution is 2.57. The van der Waals surface area contributed by atoms with E-state index in [2.05, 4.69) is 10.1 Å². The first kappa shape index (κ1) is 17.4. The van der Waals surface area contributed by atoms with Gasteiger partial charge >= 0.3 is 7.82 Å². The SMILES string of the molecule is CCO[P@]1(=O)OC[C@H]2O[C@@](C#N)(c3ccc4c(N)ncnn34)[C@H](O)[C@@H]2O1. The van der Waals surface area contributed by atoms with Crippen molar-refractivity contribution in [2.75, 3.05) is 18.9 Å². The van der Waals surface area contributed by atoms with Crippen molar-refractivity contribution in [3.8, 4) is 6.07 Å². The molecule has 0 aliphatic carbocycles. The van der Waals surface area contributed by atoms with E-state index >= 15 is 0 Å². The van der Waals surface area contributed by atoms with Crippen molar-refractivity contribution in [2.45, 2.75) is 30.8 Å². The van der Waals surface area contributed by atoms with Crippen molar-refractivity contribution in [1.82, 2.24) is 14.6 Å². The lowest BCUT2D eigenvalue weighted by Gasteiger charge is -2.30. The smallest absolute Gasteiger partial charge is 0.386 e. The van der Waals surface area contributed by atoms with Gasteiger partial charge in [0.25, 0.3) is 0 Å². The Bertz CT molecular complexity index is 944. The summed E-state index contributed by atoms with van der Waals surface area (Å²) < 4.78 is 35.1. The molecule has 2 saturated heterocycles. The van der Waals surface area contributed by atoms with Gasteiger partial charge in [-0.1, -0.05) is 0 Å². The molecule has 0 saturated carbocycles. The molecule has 26 heavy (non-hydrogen) atoms. The van der Waals surface area contributed by atoms with E-state index in [0.29, 0.717) is 5.52 Å². The number of phosphoric ester groups is 1. The number of aromatic nitrogens is 3. The predicted molar refractivity (Wildman–Crippen MR) is 85.6 cm³/mol. The van der Waals surface area contributed by atoms with Gasteiger partial charge in [0.05, 0.1) is 18.9 Å². The van der Waals surface area contributed by atoms with Crippen LogP contribution in [0.5, 0.6) is 0 Å². The van der Waals surface area contributed by atoms with Gasteiger partial charge in [-0.25, -0.2) is 14.1 Å². The maximum atomic E-state index is 12.4. The van der Waals surface area contributed by atoms with E-state index in [1.54, 1.807) is 19.1 Å². The van der Waals surface area contributed by atoms with E-state index in [4.69, 9.17) is 24.0 Å². The van der Waals surface area contributed by atoms with Gasteiger partial charge in [-0.2, -0.15) is 10.4 Å². The minimum absolute atomic E-state index is 0.106. The number of nitriles is 1. The van der Waals surface area contributed by atoms with Crippen LogP contribution in [0.2, 0.25) is 0 Å². The second-order valence-corrected chi connectivity index (χ2v) is 7.46. The molecule has 0 aromatic carbocycles. The summed E-state index contributed by atoms with van der Waals surface area (Å²) >= 11 is 0. The Balaban J connectivity index is 1.77. The minimum atomic E-state index is -3.82. The third-order valence-electron chi connectivity index (χ3n) is 4.39. The molecule has 2 fully saturated rings.